The summed E-state index contributed by atoms with van der Waals surface area (Å²) in [6.45, 7) is 5.16. The largest absolute Gasteiger partial charge is 0.493 e. The number of hydrogen-bond donors (Lipinski definition) is 2. The lowest BCUT2D eigenvalue weighted by Crippen LogP contribution is -2.17. The van der Waals surface area contributed by atoms with Crippen LogP contribution in [0, 0.1) is 6.92 Å². The van der Waals surface area contributed by atoms with E-state index in [2.05, 4.69) is 17.1 Å². The van der Waals surface area contributed by atoms with E-state index in [4.69, 9.17) is 14.6 Å². The smallest absolute Gasteiger partial charge is 0.341 e. The summed E-state index contributed by atoms with van der Waals surface area (Å²) < 4.78 is 10.7. The Morgan fingerprint density at radius 3 is 2.57 bits per heavy atom. The van der Waals surface area contributed by atoms with Crippen molar-refractivity contribution in [2.45, 2.75) is 13.3 Å². The number of methoxy groups -OCH3 is 1. The molecule has 28 heavy (non-hydrogen) atoms. The number of nitrogens with one attached hydrogen (secondary N) is 1. The molecule has 2 aromatic rings. The van der Waals surface area contributed by atoms with E-state index in [-0.39, 0.29) is 5.91 Å². The molecule has 2 rings (SSSR count). The predicted molar refractivity (Wildman–Crippen MR) is 106 cm³/mol. The van der Waals surface area contributed by atoms with Crippen LogP contribution in [0.15, 0.2) is 54.2 Å². The summed E-state index contributed by atoms with van der Waals surface area (Å²) in [6, 6.07) is 10.6. The summed E-state index contributed by atoms with van der Waals surface area (Å²) in [5.41, 5.74) is 5.39. The van der Waals surface area contributed by atoms with Gasteiger partial charge < -0.3 is 14.6 Å². The van der Waals surface area contributed by atoms with Crippen molar-refractivity contribution in [1.82, 2.24) is 5.43 Å². The lowest BCUT2D eigenvalue weighted by molar-refractivity contribution is -0.139. The van der Waals surface area contributed by atoms with Crippen molar-refractivity contribution in [2.75, 3.05) is 13.7 Å². The van der Waals surface area contributed by atoms with Crippen LogP contribution in [0.3, 0.4) is 0 Å². The Morgan fingerprint density at radius 1 is 1.25 bits per heavy atom. The van der Waals surface area contributed by atoms with Gasteiger partial charge in [-0.3, -0.25) is 4.79 Å². The molecule has 2 aromatic carbocycles. The van der Waals surface area contributed by atoms with Crippen molar-refractivity contribution in [3.05, 3.63) is 71.3 Å². The molecule has 0 heterocycles. The highest BCUT2D eigenvalue weighted by Crippen LogP contribution is 2.33. The van der Waals surface area contributed by atoms with Crippen LogP contribution in [-0.2, 0) is 11.2 Å². The molecule has 0 aliphatic carbocycles. The molecule has 1 amide bonds. The number of carbonyl (C=O) groups excluding carboxylic acids is 1. The molecule has 0 bridgehead atoms. The molecular weight excluding hydrogens is 360 g/mol. The summed E-state index contributed by atoms with van der Waals surface area (Å²) in [5, 5.41) is 12.8. The van der Waals surface area contributed by atoms with Gasteiger partial charge in [0.2, 0.25) is 0 Å². The summed E-state index contributed by atoms with van der Waals surface area (Å²) in [7, 11) is 1.46. The predicted octanol–water partition coefficient (Wildman–Crippen LogP) is 2.96. The topological polar surface area (TPSA) is 97.2 Å². The lowest BCUT2D eigenvalue weighted by Gasteiger charge is -2.14. The molecule has 2 N–H and O–H groups in total. The van der Waals surface area contributed by atoms with Gasteiger partial charge in [0.25, 0.3) is 5.91 Å². The van der Waals surface area contributed by atoms with Gasteiger partial charge in [-0.25, -0.2) is 10.2 Å². The SMILES string of the molecule is C=CCc1cc(/C=N\NC(=O)c2ccc(C)cc2)cc(OC)c1OCC(=O)O. The molecule has 7 heteroatoms. The first-order valence-electron chi connectivity index (χ1n) is 8.51. The van der Waals surface area contributed by atoms with Crippen molar-refractivity contribution < 1.29 is 24.2 Å². The number of rotatable bonds is 9. The Morgan fingerprint density at radius 2 is 1.96 bits per heavy atom. The number of nitrogens with zero attached hydrogens (tertiary/aromatic N) is 1. The van der Waals surface area contributed by atoms with E-state index >= 15 is 0 Å². The number of benzene rings is 2. The van der Waals surface area contributed by atoms with Gasteiger partial charge >= 0.3 is 5.97 Å². The molecule has 0 atom stereocenters. The van der Waals surface area contributed by atoms with Crippen molar-refractivity contribution >= 4 is 18.1 Å². The van der Waals surface area contributed by atoms with Gasteiger partial charge in [0.15, 0.2) is 18.1 Å². The summed E-state index contributed by atoms with van der Waals surface area (Å²) in [6.07, 6.45) is 3.59. The van der Waals surface area contributed by atoms with Crippen LogP contribution >= 0.6 is 0 Å². The zero-order chi connectivity index (χ0) is 20.5. The number of aliphatic carboxylic acids is 1. The number of carboxylic acids is 1. The number of hydrogen-bond acceptors (Lipinski definition) is 5. The third kappa shape index (κ3) is 5.70. The Balaban J connectivity index is 2.19. The van der Waals surface area contributed by atoms with E-state index in [0.29, 0.717) is 34.6 Å². The highest BCUT2D eigenvalue weighted by molar-refractivity contribution is 5.95. The highest BCUT2D eigenvalue weighted by atomic mass is 16.5. The molecule has 146 valence electrons. The lowest BCUT2D eigenvalue weighted by atomic mass is 10.1. The third-order valence-corrected chi connectivity index (χ3v) is 3.77. The monoisotopic (exact) mass is 382 g/mol. The van der Waals surface area contributed by atoms with Crippen molar-refractivity contribution in [1.29, 1.82) is 0 Å². The zero-order valence-electron chi connectivity index (χ0n) is 15.8. The van der Waals surface area contributed by atoms with Crippen LogP contribution in [0.1, 0.15) is 27.0 Å². The van der Waals surface area contributed by atoms with E-state index in [1.807, 2.05) is 19.1 Å². The maximum absolute atomic E-state index is 12.1. The van der Waals surface area contributed by atoms with Gasteiger partial charge in [-0.2, -0.15) is 5.10 Å². The fraction of sp³-hybridized carbons (Fsp3) is 0.190. The molecule has 0 fully saturated rings. The highest BCUT2D eigenvalue weighted by Gasteiger charge is 2.14. The quantitative estimate of drug-likeness (QED) is 0.395. The van der Waals surface area contributed by atoms with Gasteiger partial charge in [-0.05, 0) is 43.2 Å². The molecule has 0 saturated carbocycles. The van der Waals surface area contributed by atoms with Gasteiger partial charge in [-0.15, -0.1) is 6.58 Å². The van der Waals surface area contributed by atoms with Gasteiger partial charge in [0.05, 0.1) is 13.3 Å². The number of hydrazone groups is 1. The fourth-order valence-electron chi connectivity index (χ4n) is 2.45. The molecule has 0 radical (unpaired) electrons. The number of amides is 1. The molecule has 0 aromatic heterocycles. The molecular formula is C21H22N2O5. The average molecular weight is 382 g/mol. The van der Waals surface area contributed by atoms with Crippen LogP contribution in [0.25, 0.3) is 0 Å². The Bertz CT molecular complexity index is 888. The molecule has 0 aliphatic rings. The average Bonchev–Trinajstić information content (AvgIpc) is 2.67. The zero-order valence-corrected chi connectivity index (χ0v) is 15.8. The van der Waals surface area contributed by atoms with Crippen LogP contribution in [0.4, 0.5) is 0 Å². The number of allylic oxidation sites excluding steroid dienone is 1. The minimum absolute atomic E-state index is 0.323. The van der Waals surface area contributed by atoms with Crippen LogP contribution in [-0.4, -0.2) is 36.9 Å². The van der Waals surface area contributed by atoms with E-state index < -0.39 is 12.6 Å². The van der Waals surface area contributed by atoms with Crippen molar-refractivity contribution in [3.8, 4) is 11.5 Å². The van der Waals surface area contributed by atoms with Crippen LogP contribution < -0.4 is 14.9 Å². The minimum Gasteiger partial charge on any atom is -0.493 e. The van der Waals surface area contributed by atoms with Crippen molar-refractivity contribution in [2.24, 2.45) is 5.10 Å². The number of carboxylic acid groups (broad SMARTS) is 1. The number of aryl methyl sites for hydroxylation is 1. The van der Waals surface area contributed by atoms with Gasteiger partial charge in [0, 0.05) is 11.1 Å². The van der Waals surface area contributed by atoms with Crippen LogP contribution in [0.5, 0.6) is 11.5 Å². The second kappa shape index (κ2) is 9.91. The standard InChI is InChI=1S/C21H22N2O5/c1-4-5-17-10-15(11-18(27-3)20(17)28-13-19(24)25)12-22-23-21(26)16-8-6-14(2)7-9-16/h4,6-12H,1,5,13H2,2-3H3,(H,23,26)(H,24,25)/b22-12-. The first-order chi connectivity index (χ1) is 13.4. The first kappa shape index (κ1) is 20.7. The molecule has 0 aliphatic heterocycles. The fourth-order valence-corrected chi connectivity index (χ4v) is 2.45. The molecule has 0 spiro atoms. The maximum Gasteiger partial charge on any atom is 0.341 e. The summed E-state index contributed by atoms with van der Waals surface area (Å²) in [5.74, 6) is -0.704. The minimum atomic E-state index is -1.09. The Labute approximate surface area is 163 Å². The number of carbonyl (C=O) groups is 2. The second-order valence-electron chi connectivity index (χ2n) is 5.95. The third-order valence-electron chi connectivity index (χ3n) is 3.77. The van der Waals surface area contributed by atoms with E-state index in [1.54, 1.807) is 30.3 Å². The number of ether oxygens (including phenoxy) is 2. The Hall–Kier alpha value is -3.61. The Kier molecular flexibility index (Phi) is 7.33. The molecule has 7 nitrogen and oxygen atoms in total. The molecule has 0 unspecified atom stereocenters. The first-order valence-corrected chi connectivity index (χ1v) is 8.51. The normalized spacial score (nSPS) is 10.5. The van der Waals surface area contributed by atoms with Gasteiger partial charge in [0.1, 0.15) is 0 Å². The summed E-state index contributed by atoms with van der Waals surface area (Å²) >= 11 is 0. The van der Waals surface area contributed by atoms with E-state index in [9.17, 15) is 9.59 Å². The molecule has 0 saturated heterocycles. The van der Waals surface area contributed by atoms with Crippen LogP contribution in [0.2, 0.25) is 0 Å². The summed E-state index contributed by atoms with van der Waals surface area (Å²) in [4.78, 5) is 22.9. The maximum atomic E-state index is 12.1. The van der Waals surface area contributed by atoms with E-state index in [1.165, 1.54) is 13.3 Å². The van der Waals surface area contributed by atoms with Gasteiger partial charge in [-0.1, -0.05) is 23.8 Å². The second-order valence-corrected chi connectivity index (χ2v) is 5.95. The van der Waals surface area contributed by atoms with Crippen molar-refractivity contribution in [3.63, 3.8) is 0 Å². The van der Waals surface area contributed by atoms with E-state index in [0.717, 1.165) is 5.56 Å².